The number of ketones is 1. The molecule has 4 nitrogen and oxygen atoms in total. The molecule has 0 radical (unpaired) electrons. The summed E-state index contributed by atoms with van der Waals surface area (Å²) in [4.78, 5) is 14.2. The van der Waals surface area contributed by atoms with E-state index in [4.69, 9.17) is 0 Å². The third-order valence-electron chi connectivity index (χ3n) is 5.58. The first-order valence-corrected chi connectivity index (χ1v) is 9.50. The van der Waals surface area contributed by atoms with Crippen LogP contribution < -0.4 is 5.32 Å². The smallest absolute Gasteiger partial charge is 0.482 e. The molecular formula is C22H25F3N2O2. The summed E-state index contributed by atoms with van der Waals surface area (Å²) in [6.07, 6.45) is -3.33. The van der Waals surface area contributed by atoms with Crippen molar-refractivity contribution in [2.45, 2.75) is 58.5 Å². The number of carbonyl (C=O) groups is 1. The van der Waals surface area contributed by atoms with E-state index in [-0.39, 0.29) is 17.0 Å². The number of alkyl halides is 3. The molecule has 2 aromatic carbocycles. The van der Waals surface area contributed by atoms with Gasteiger partial charge in [0.2, 0.25) is 0 Å². The van der Waals surface area contributed by atoms with Crippen LogP contribution in [0.1, 0.15) is 54.2 Å². The number of fused-ring (bicyclic) bond motifs is 1. The lowest BCUT2D eigenvalue weighted by Crippen LogP contribution is -2.40. The van der Waals surface area contributed by atoms with Crippen LogP contribution in [0.3, 0.4) is 0 Å². The van der Waals surface area contributed by atoms with Gasteiger partial charge in [-0.3, -0.25) is 15.0 Å². The molecule has 0 saturated heterocycles. The molecule has 0 spiro atoms. The number of nitrogens with one attached hydrogen (secondary N) is 1. The van der Waals surface area contributed by atoms with E-state index < -0.39 is 12.0 Å². The number of benzene rings is 2. The van der Waals surface area contributed by atoms with Gasteiger partial charge in [0.05, 0.1) is 5.69 Å². The number of phenolic OH excluding ortho intramolecular Hbond substituents is 1. The molecule has 0 aromatic heterocycles. The number of phenols is 1. The van der Waals surface area contributed by atoms with Crippen molar-refractivity contribution in [2.24, 2.45) is 0 Å². The molecule has 0 bridgehead atoms. The zero-order chi connectivity index (χ0) is 21.4. The number of aryl methyl sites for hydroxylation is 1. The van der Waals surface area contributed by atoms with Crippen molar-refractivity contribution in [1.29, 1.82) is 0 Å². The first-order chi connectivity index (χ1) is 13.5. The fourth-order valence-electron chi connectivity index (χ4n) is 3.78. The average molecular weight is 406 g/mol. The van der Waals surface area contributed by atoms with Gasteiger partial charge < -0.3 is 5.11 Å². The molecule has 0 atom stereocenters. The van der Waals surface area contributed by atoms with Crippen molar-refractivity contribution < 1.29 is 23.1 Å². The van der Waals surface area contributed by atoms with Crippen LogP contribution in [0.15, 0.2) is 36.4 Å². The fourth-order valence-corrected chi connectivity index (χ4v) is 3.78. The predicted octanol–water partition coefficient (Wildman–Crippen LogP) is 5.25. The zero-order valence-corrected chi connectivity index (χ0v) is 16.7. The highest BCUT2D eigenvalue weighted by Gasteiger charge is 2.33. The Hall–Kier alpha value is -2.54. The molecule has 2 aromatic rings. The van der Waals surface area contributed by atoms with E-state index in [9.17, 15) is 23.1 Å². The monoisotopic (exact) mass is 406 g/mol. The summed E-state index contributed by atoms with van der Waals surface area (Å²) in [5.41, 5.74) is 3.11. The SMILES string of the molecule is CC(=O)c1cccc2c1CN(C(C)(C)CCc1ccc(O)c(NC(F)(F)F)c1)C2. The Labute approximate surface area is 168 Å². The molecular weight excluding hydrogens is 381 g/mol. The largest absolute Gasteiger partial charge is 0.506 e. The van der Waals surface area contributed by atoms with Crippen LogP contribution in [0.25, 0.3) is 0 Å². The number of nitrogens with zero attached hydrogens (tertiary/aromatic N) is 1. The van der Waals surface area contributed by atoms with Gasteiger partial charge in [-0.25, -0.2) is 0 Å². The van der Waals surface area contributed by atoms with Gasteiger partial charge in [-0.1, -0.05) is 24.3 Å². The Bertz CT molecular complexity index is 923. The molecule has 156 valence electrons. The molecule has 7 heteroatoms. The quantitative estimate of drug-likeness (QED) is 0.391. The Kier molecular flexibility index (Phi) is 5.63. The fraction of sp³-hybridized carbons (Fsp3) is 0.409. The van der Waals surface area contributed by atoms with Crippen LogP contribution in [0, 0.1) is 0 Å². The summed E-state index contributed by atoms with van der Waals surface area (Å²) in [5, 5.41) is 11.1. The number of hydrogen-bond donors (Lipinski definition) is 2. The zero-order valence-electron chi connectivity index (χ0n) is 16.7. The van der Waals surface area contributed by atoms with Crippen molar-refractivity contribution in [3.8, 4) is 5.75 Å². The highest BCUT2D eigenvalue weighted by Crippen LogP contribution is 2.35. The van der Waals surface area contributed by atoms with Crippen molar-refractivity contribution in [2.75, 3.05) is 5.32 Å². The lowest BCUT2D eigenvalue weighted by Gasteiger charge is -2.35. The molecule has 1 aliphatic heterocycles. The van der Waals surface area contributed by atoms with Crippen LogP contribution in [0.2, 0.25) is 0 Å². The highest BCUT2D eigenvalue weighted by molar-refractivity contribution is 5.96. The number of rotatable bonds is 6. The summed E-state index contributed by atoms with van der Waals surface area (Å²) < 4.78 is 37.8. The Morgan fingerprint density at radius 3 is 2.55 bits per heavy atom. The molecule has 0 fully saturated rings. The minimum Gasteiger partial charge on any atom is -0.506 e. The van der Waals surface area contributed by atoms with Crippen LogP contribution in [-0.2, 0) is 19.5 Å². The summed E-state index contributed by atoms with van der Waals surface area (Å²) in [7, 11) is 0. The lowest BCUT2D eigenvalue weighted by atomic mass is 9.93. The second-order valence-corrected chi connectivity index (χ2v) is 8.14. The van der Waals surface area contributed by atoms with E-state index in [0.29, 0.717) is 24.9 Å². The van der Waals surface area contributed by atoms with Gasteiger partial charge in [-0.15, -0.1) is 0 Å². The maximum absolute atomic E-state index is 12.6. The van der Waals surface area contributed by atoms with Crippen molar-refractivity contribution in [3.63, 3.8) is 0 Å². The predicted molar refractivity (Wildman–Crippen MR) is 106 cm³/mol. The number of Topliss-reactive ketones (excluding diaryl/α,β-unsaturated/α-hetero) is 1. The van der Waals surface area contributed by atoms with E-state index in [0.717, 1.165) is 23.2 Å². The maximum Gasteiger partial charge on any atom is 0.482 e. The van der Waals surface area contributed by atoms with Gasteiger partial charge in [0.1, 0.15) is 5.75 Å². The normalized spacial score (nSPS) is 14.7. The number of aromatic hydroxyl groups is 1. The second kappa shape index (κ2) is 7.71. The summed E-state index contributed by atoms with van der Waals surface area (Å²) in [5.74, 6) is -0.382. The van der Waals surface area contributed by atoms with Crippen molar-refractivity contribution in [3.05, 3.63) is 58.7 Å². The lowest BCUT2D eigenvalue weighted by molar-refractivity contribution is -0.100. The van der Waals surface area contributed by atoms with Crippen molar-refractivity contribution >= 4 is 11.5 Å². The second-order valence-electron chi connectivity index (χ2n) is 8.14. The first-order valence-electron chi connectivity index (χ1n) is 9.50. The number of anilines is 1. The van der Waals surface area contributed by atoms with Gasteiger partial charge >= 0.3 is 6.30 Å². The average Bonchev–Trinajstić information content (AvgIpc) is 3.06. The van der Waals surface area contributed by atoms with Gasteiger partial charge in [0.25, 0.3) is 0 Å². The van der Waals surface area contributed by atoms with E-state index >= 15 is 0 Å². The van der Waals surface area contributed by atoms with Crippen LogP contribution in [0.4, 0.5) is 18.9 Å². The molecule has 3 rings (SSSR count). The first kappa shape index (κ1) is 21.2. The standard InChI is InChI=1S/C22H25F3N2O2/c1-14(28)17-6-4-5-16-12-27(13-18(16)17)21(2,3)10-9-15-7-8-20(29)19(11-15)26-22(23,24)25/h4-8,11,26,29H,9-10,12-13H2,1-3H3. The van der Waals surface area contributed by atoms with E-state index in [2.05, 4.69) is 18.7 Å². The van der Waals surface area contributed by atoms with Crippen LogP contribution in [0.5, 0.6) is 5.75 Å². The number of hydrogen-bond acceptors (Lipinski definition) is 4. The Balaban J connectivity index is 1.70. The van der Waals surface area contributed by atoms with Crippen molar-refractivity contribution in [1.82, 2.24) is 4.90 Å². The van der Waals surface area contributed by atoms with Gasteiger partial charge in [-0.2, -0.15) is 13.2 Å². The third-order valence-corrected chi connectivity index (χ3v) is 5.58. The van der Waals surface area contributed by atoms with E-state index in [1.54, 1.807) is 13.0 Å². The third kappa shape index (κ3) is 4.90. The molecule has 0 amide bonds. The number of halogens is 3. The molecule has 1 heterocycles. The molecule has 2 N–H and O–H groups in total. The summed E-state index contributed by atoms with van der Waals surface area (Å²) in [6.45, 7) is 7.18. The molecule has 29 heavy (non-hydrogen) atoms. The Morgan fingerprint density at radius 2 is 1.90 bits per heavy atom. The highest BCUT2D eigenvalue weighted by atomic mass is 19.4. The van der Waals surface area contributed by atoms with Crippen LogP contribution in [-0.4, -0.2) is 27.6 Å². The van der Waals surface area contributed by atoms with Gasteiger partial charge in [0.15, 0.2) is 5.78 Å². The van der Waals surface area contributed by atoms with Gasteiger partial charge in [-0.05, 0) is 62.4 Å². The van der Waals surface area contributed by atoms with E-state index in [1.165, 1.54) is 17.4 Å². The summed E-state index contributed by atoms with van der Waals surface area (Å²) >= 11 is 0. The summed E-state index contributed by atoms with van der Waals surface area (Å²) in [6, 6.07) is 10.0. The number of carbonyl (C=O) groups excluding carboxylic acids is 1. The Morgan fingerprint density at radius 1 is 1.17 bits per heavy atom. The molecule has 1 aliphatic rings. The molecule has 0 unspecified atom stereocenters. The minimum atomic E-state index is -4.61. The van der Waals surface area contributed by atoms with Gasteiger partial charge in [0, 0.05) is 24.2 Å². The molecule has 0 aliphatic carbocycles. The minimum absolute atomic E-state index is 0.0512. The topological polar surface area (TPSA) is 52.6 Å². The maximum atomic E-state index is 12.6. The van der Waals surface area contributed by atoms with Crippen LogP contribution >= 0.6 is 0 Å². The molecule has 0 saturated carbocycles. The van der Waals surface area contributed by atoms with E-state index in [1.807, 2.05) is 18.2 Å².